The Morgan fingerprint density at radius 3 is 2.57 bits per heavy atom. The van der Waals surface area contributed by atoms with Crippen molar-refractivity contribution in [3.05, 3.63) is 0 Å². The van der Waals surface area contributed by atoms with Gasteiger partial charge in [0.1, 0.15) is 10.7 Å². The van der Waals surface area contributed by atoms with Gasteiger partial charge in [0, 0.05) is 14.1 Å². The average Bonchev–Trinajstić information content (AvgIpc) is 2.65. The molecular weight excluding hydrogens is 219 g/mol. The van der Waals surface area contributed by atoms with E-state index < -0.39 is 0 Å². The molecule has 1 N–H and O–H groups in total. The monoisotopic (exact) mass is 236 g/mol. The van der Waals surface area contributed by atoms with Gasteiger partial charge in [-0.2, -0.15) is 0 Å². The van der Waals surface area contributed by atoms with Crippen LogP contribution in [0.5, 0.6) is 0 Å². The number of aliphatic imine (C=N–C) groups is 1. The molecule has 0 aromatic rings. The van der Waals surface area contributed by atoms with Crippen molar-refractivity contribution in [1.29, 1.82) is 0 Å². The molecule has 0 aromatic carbocycles. The lowest BCUT2D eigenvalue weighted by atomic mass is 9.87. The number of halogens is 2. The van der Waals surface area contributed by atoms with Gasteiger partial charge in [-0.15, -0.1) is 24.0 Å². The third-order valence-corrected chi connectivity index (χ3v) is 4.27. The zero-order chi connectivity index (χ0) is 9.47. The highest BCUT2D eigenvalue weighted by Crippen LogP contribution is 2.54. The maximum Gasteiger partial charge on any atom is 0.117 e. The van der Waals surface area contributed by atoms with E-state index in [9.17, 15) is 0 Å². The number of rotatable bonds is 1. The fourth-order valence-electron chi connectivity index (χ4n) is 3.06. The molecule has 4 heteroatoms. The maximum atomic E-state index is 6.64. The molecule has 2 nitrogen and oxygen atoms in total. The number of hydrogen-bond donors (Lipinski definition) is 1. The Kier molecular flexibility index (Phi) is 3.70. The SMILES string of the molecule is CN=C(NC)[C@@]1(Cl)C[C@H]2CC[C@@H]1C2.Cl. The van der Waals surface area contributed by atoms with Gasteiger partial charge in [-0.3, -0.25) is 4.99 Å². The van der Waals surface area contributed by atoms with Crippen LogP contribution in [0.15, 0.2) is 4.99 Å². The Labute approximate surface area is 96.9 Å². The third kappa shape index (κ3) is 1.63. The van der Waals surface area contributed by atoms with Gasteiger partial charge >= 0.3 is 0 Å². The molecule has 2 aliphatic carbocycles. The van der Waals surface area contributed by atoms with Crippen molar-refractivity contribution in [2.45, 2.75) is 30.6 Å². The molecule has 0 unspecified atom stereocenters. The lowest BCUT2D eigenvalue weighted by Crippen LogP contribution is -2.44. The van der Waals surface area contributed by atoms with E-state index in [0.717, 1.165) is 18.2 Å². The van der Waals surface area contributed by atoms with Gasteiger partial charge in [0.2, 0.25) is 0 Å². The minimum absolute atomic E-state index is 0. The second-order valence-electron chi connectivity index (χ2n) is 4.26. The predicted molar refractivity (Wildman–Crippen MR) is 63.7 cm³/mol. The summed E-state index contributed by atoms with van der Waals surface area (Å²) in [6.45, 7) is 0. The molecule has 2 bridgehead atoms. The first-order valence-electron chi connectivity index (χ1n) is 5.04. The molecule has 0 spiro atoms. The van der Waals surface area contributed by atoms with Crippen LogP contribution in [0.2, 0.25) is 0 Å². The summed E-state index contributed by atoms with van der Waals surface area (Å²) in [4.78, 5) is 4.09. The summed E-state index contributed by atoms with van der Waals surface area (Å²) in [5.74, 6) is 2.50. The molecule has 82 valence electrons. The normalized spacial score (nSPS) is 40.9. The van der Waals surface area contributed by atoms with E-state index in [1.165, 1.54) is 19.3 Å². The van der Waals surface area contributed by atoms with E-state index in [1.54, 1.807) is 0 Å². The van der Waals surface area contributed by atoms with E-state index in [1.807, 2.05) is 14.1 Å². The van der Waals surface area contributed by atoms with Crippen molar-refractivity contribution in [3.63, 3.8) is 0 Å². The maximum absolute atomic E-state index is 6.64. The molecule has 0 aromatic heterocycles. The molecule has 0 radical (unpaired) electrons. The minimum atomic E-state index is -0.160. The first kappa shape index (κ1) is 12.1. The Morgan fingerprint density at radius 2 is 2.21 bits per heavy atom. The first-order valence-corrected chi connectivity index (χ1v) is 5.42. The Balaban J connectivity index is 0.000000980. The van der Waals surface area contributed by atoms with Crippen LogP contribution in [0.1, 0.15) is 25.7 Å². The van der Waals surface area contributed by atoms with Gasteiger partial charge in [0.15, 0.2) is 0 Å². The Hall–Kier alpha value is 0.0500. The van der Waals surface area contributed by atoms with E-state index in [0.29, 0.717) is 5.92 Å². The molecule has 0 amide bonds. The van der Waals surface area contributed by atoms with Crippen molar-refractivity contribution in [2.24, 2.45) is 16.8 Å². The molecule has 2 rings (SSSR count). The second kappa shape index (κ2) is 4.28. The standard InChI is InChI=1S/C10H17ClN2.ClH/c1-12-9(13-2)10(11)6-7-3-4-8(10)5-7;/h7-8H,3-6H2,1-2H3,(H,12,13);1H/t7-,8+,10+;/m0./s1. The zero-order valence-corrected chi connectivity index (χ0v) is 10.3. The summed E-state index contributed by atoms with van der Waals surface area (Å²) in [7, 11) is 3.74. The van der Waals surface area contributed by atoms with Gasteiger partial charge in [-0.05, 0) is 31.1 Å². The van der Waals surface area contributed by atoms with Crippen LogP contribution in [0.4, 0.5) is 0 Å². The summed E-state index contributed by atoms with van der Waals surface area (Å²) < 4.78 is 0. The second-order valence-corrected chi connectivity index (χ2v) is 4.94. The van der Waals surface area contributed by atoms with Crippen LogP contribution in [0.25, 0.3) is 0 Å². The zero-order valence-electron chi connectivity index (χ0n) is 8.72. The first-order chi connectivity index (χ1) is 6.20. The highest BCUT2D eigenvalue weighted by Gasteiger charge is 2.52. The lowest BCUT2D eigenvalue weighted by molar-refractivity contribution is 0.434. The van der Waals surface area contributed by atoms with Crippen LogP contribution in [0, 0.1) is 11.8 Å². The predicted octanol–water partition coefficient (Wildman–Crippen LogP) is 2.45. The molecule has 2 saturated carbocycles. The molecule has 0 aliphatic heterocycles. The van der Waals surface area contributed by atoms with Crippen LogP contribution < -0.4 is 5.32 Å². The highest BCUT2D eigenvalue weighted by molar-refractivity contribution is 6.36. The van der Waals surface area contributed by atoms with Crippen LogP contribution >= 0.6 is 24.0 Å². The van der Waals surface area contributed by atoms with Crippen molar-refractivity contribution in [1.82, 2.24) is 5.32 Å². The number of hydrogen-bond acceptors (Lipinski definition) is 1. The van der Waals surface area contributed by atoms with Gasteiger partial charge in [0.05, 0.1) is 0 Å². The Morgan fingerprint density at radius 1 is 1.50 bits per heavy atom. The van der Waals surface area contributed by atoms with Crippen molar-refractivity contribution in [3.8, 4) is 0 Å². The summed E-state index contributed by atoms with van der Waals surface area (Å²) in [6.07, 6.45) is 5.09. The fourth-order valence-corrected chi connectivity index (χ4v) is 3.65. The van der Waals surface area contributed by atoms with Gasteiger partial charge in [-0.1, -0.05) is 6.42 Å². The third-order valence-electron chi connectivity index (χ3n) is 3.63. The number of nitrogens with zero attached hydrogens (tertiary/aromatic N) is 1. The number of fused-ring (bicyclic) bond motifs is 2. The number of amidine groups is 1. The van der Waals surface area contributed by atoms with Crippen LogP contribution in [0.3, 0.4) is 0 Å². The quantitative estimate of drug-likeness (QED) is 0.423. The highest BCUT2D eigenvalue weighted by atomic mass is 35.5. The van der Waals surface area contributed by atoms with Crippen molar-refractivity contribution in [2.75, 3.05) is 14.1 Å². The molecule has 0 saturated heterocycles. The average molecular weight is 237 g/mol. The van der Waals surface area contributed by atoms with Gasteiger partial charge in [-0.25, -0.2) is 0 Å². The van der Waals surface area contributed by atoms with E-state index in [2.05, 4.69) is 10.3 Å². The van der Waals surface area contributed by atoms with Crippen LogP contribution in [-0.4, -0.2) is 24.8 Å². The molecule has 2 aliphatic rings. The summed E-state index contributed by atoms with van der Waals surface area (Å²) in [6, 6.07) is 0. The fraction of sp³-hybridized carbons (Fsp3) is 0.900. The molecule has 3 atom stereocenters. The Bertz CT molecular complexity index is 242. The molecule has 14 heavy (non-hydrogen) atoms. The van der Waals surface area contributed by atoms with Gasteiger partial charge < -0.3 is 5.32 Å². The van der Waals surface area contributed by atoms with Crippen LogP contribution in [-0.2, 0) is 0 Å². The molecular formula is C10H18Cl2N2. The van der Waals surface area contributed by atoms with E-state index >= 15 is 0 Å². The summed E-state index contributed by atoms with van der Waals surface area (Å²) in [5.41, 5.74) is 0. The number of nitrogens with one attached hydrogen (secondary N) is 1. The molecule has 2 fully saturated rings. The van der Waals surface area contributed by atoms with E-state index in [4.69, 9.17) is 11.6 Å². The summed E-state index contributed by atoms with van der Waals surface area (Å²) >= 11 is 6.64. The van der Waals surface area contributed by atoms with Crippen molar-refractivity contribution < 1.29 is 0 Å². The minimum Gasteiger partial charge on any atom is -0.375 e. The van der Waals surface area contributed by atoms with Gasteiger partial charge in [0.25, 0.3) is 0 Å². The van der Waals surface area contributed by atoms with Crippen molar-refractivity contribution >= 4 is 29.8 Å². The summed E-state index contributed by atoms with van der Waals surface area (Å²) in [5, 5.41) is 3.14. The topological polar surface area (TPSA) is 24.4 Å². The van der Waals surface area contributed by atoms with E-state index in [-0.39, 0.29) is 17.3 Å². The lowest BCUT2D eigenvalue weighted by Gasteiger charge is -2.32. The number of alkyl halides is 1. The molecule has 0 heterocycles. The largest absolute Gasteiger partial charge is 0.375 e. The smallest absolute Gasteiger partial charge is 0.117 e.